The Hall–Kier alpha value is -3.36. The third kappa shape index (κ3) is 8.83. The van der Waals surface area contributed by atoms with Crippen LogP contribution in [0.5, 0.6) is 0 Å². The molecule has 208 valence electrons. The highest BCUT2D eigenvalue weighted by atomic mass is 35.5. The Morgan fingerprint density at radius 2 is 1.56 bits per heavy atom. The van der Waals surface area contributed by atoms with Gasteiger partial charge in [0, 0.05) is 24.5 Å². The van der Waals surface area contributed by atoms with Gasteiger partial charge in [-0.1, -0.05) is 85.6 Å². The van der Waals surface area contributed by atoms with E-state index in [2.05, 4.69) is 5.32 Å². The summed E-state index contributed by atoms with van der Waals surface area (Å²) in [7, 11) is -3.83. The summed E-state index contributed by atoms with van der Waals surface area (Å²) < 4.78 is 26.9. The molecule has 39 heavy (non-hydrogen) atoms. The highest BCUT2D eigenvalue weighted by molar-refractivity contribution is 7.92. The maximum absolute atomic E-state index is 14.0. The van der Waals surface area contributed by atoms with Crippen molar-refractivity contribution in [2.24, 2.45) is 0 Å². The van der Waals surface area contributed by atoms with E-state index in [1.54, 1.807) is 25.1 Å². The summed E-state index contributed by atoms with van der Waals surface area (Å²) in [6.07, 6.45) is 3.08. The van der Waals surface area contributed by atoms with Crippen LogP contribution in [0.25, 0.3) is 0 Å². The molecule has 0 saturated carbocycles. The van der Waals surface area contributed by atoms with Gasteiger partial charge in [-0.05, 0) is 48.2 Å². The van der Waals surface area contributed by atoms with Crippen LogP contribution in [-0.2, 0) is 32.6 Å². The molecule has 0 saturated heterocycles. The van der Waals surface area contributed by atoms with Gasteiger partial charge in [-0.2, -0.15) is 0 Å². The zero-order valence-corrected chi connectivity index (χ0v) is 24.2. The Morgan fingerprint density at radius 3 is 2.13 bits per heavy atom. The van der Waals surface area contributed by atoms with Gasteiger partial charge in [-0.25, -0.2) is 8.42 Å². The van der Waals surface area contributed by atoms with Crippen molar-refractivity contribution in [1.29, 1.82) is 0 Å². The average Bonchev–Trinajstić information content (AvgIpc) is 2.90. The molecule has 0 aliphatic heterocycles. The van der Waals surface area contributed by atoms with Crippen molar-refractivity contribution in [2.45, 2.75) is 45.7 Å². The second-order valence-corrected chi connectivity index (χ2v) is 11.9. The van der Waals surface area contributed by atoms with Gasteiger partial charge in [0.1, 0.15) is 12.6 Å². The fourth-order valence-electron chi connectivity index (χ4n) is 4.33. The quantitative estimate of drug-likeness (QED) is 0.294. The second-order valence-electron chi connectivity index (χ2n) is 9.56. The number of halogens is 1. The van der Waals surface area contributed by atoms with Crippen LogP contribution in [0.4, 0.5) is 5.69 Å². The second kappa shape index (κ2) is 14.1. The fourth-order valence-corrected chi connectivity index (χ4v) is 5.47. The van der Waals surface area contributed by atoms with Crippen molar-refractivity contribution in [3.63, 3.8) is 0 Å². The number of hydrogen-bond acceptors (Lipinski definition) is 4. The van der Waals surface area contributed by atoms with E-state index in [-0.39, 0.29) is 18.9 Å². The summed E-state index contributed by atoms with van der Waals surface area (Å²) in [5.41, 5.74) is 2.71. The van der Waals surface area contributed by atoms with E-state index in [0.717, 1.165) is 34.5 Å². The number of carbonyl (C=O) groups is 2. The van der Waals surface area contributed by atoms with Crippen molar-refractivity contribution < 1.29 is 18.0 Å². The highest BCUT2D eigenvalue weighted by Gasteiger charge is 2.33. The van der Waals surface area contributed by atoms with Gasteiger partial charge in [0.15, 0.2) is 0 Å². The first kappa shape index (κ1) is 30.2. The van der Waals surface area contributed by atoms with Crippen LogP contribution in [0.1, 0.15) is 36.5 Å². The summed E-state index contributed by atoms with van der Waals surface area (Å²) in [6.45, 7) is 3.97. The molecule has 2 amide bonds. The minimum atomic E-state index is -3.83. The van der Waals surface area contributed by atoms with E-state index in [1.807, 2.05) is 67.6 Å². The number of nitrogens with one attached hydrogen (secondary N) is 1. The van der Waals surface area contributed by atoms with E-state index < -0.39 is 28.5 Å². The third-order valence-corrected chi connectivity index (χ3v) is 7.76. The van der Waals surface area contributed by atoms with E-state index in [4.69, 9.17) is 11.6 Å². The van der Waals surface area contributed by atoms with Gasteiger partial charge in [0.05, 0.1) is 11.9 Å². The molecular weight excluding hydrogens is 534 g/mol. The first-order chi connectivity index (χ1) is 18.6. The van der Waals surface area contributed by atoms with Crippen LogP contribution >= 0.6 is 11.6 Å². The molecular formula is C30H36ClN3O4S. The number of amides is 2. The number of aryl methyl sites for hydroxylation is 1. The van der Waals surface area contributed by atoms with Crippen LogP contribution in [0.2, 0.25) is 5.02 Å². The van der Waals surface area contributed by atoms with Crippen molar-refractivity contribution in [1.82, 2.24) is 10.2 Å². The van der Waals surface area contributed by atoms with Crippen molar-refractivity contribution in [2.75, 3.05) is 23.7 Å². The van der Waals surface area contributed by atoms with E-state index in [1.165, 1.54) is 4.90 Å². The van der Waals surface area contributed by atoms with Gasteiger partial charge < -0.3 is 10.2 Å². The summed E-state index contributed by atoms with van der Waals surface area (Å²) in [5, 5.41) is 3.44. The number of nitrogens with zero attached hydrogens (tertiary/aromatic N) is 2. The predicted molar refractivity (Wildman–Crippen MR) is 157 cm³/mol. The van der Waals surface area contributed by atoms with Crippen molar-refractivity contribution >= 4 is 39.1 Å². The molecule has 3 rings (SSSR count). The maximum atomic E-state index is 14.0. The average molecular weight is 570 g/mol. The number of anilines is 1. The third-order valence-electron chi connectivity index (χ3n) is 6.40. The molecule has 0 spiro atoms. The topological polar surface area (TPSA) is 86.8 Å². The van der Waals surface area contributed by atoms with Gasteiger partial charge in [-0.15, -0.1) is 0 Å². The van der Waals surface area contributed by atoms with Gasteiger partial charge in [-0.3, -0.25) is 13.9 Å². The summed E-state index contributed by atoms with van der Waals surface area (Å²) in [5.74, 6) is -0.754. The van der Waals surface area contributed by atoms with E-state index in [9.17, 15) is 18.0 Å². The molecule has 0 aromatic heterocycles. The molecule has 0 aliphatic rings. The molecule has 9 heteroatoms. The monoisotopic (exact) mass is 569 g/mol. The lowest BCUT2D eigenvalue weighted by Crippen LogP contribution is -2.53. The summed E-state index contributed by atoms with van der Waals surface area (Å²) in [6, 6.07) is 22.9. The number of rotatable bonds is 13. The Balaban J connectivity index is 2.03. The molecule has 3 aromatic rings. The molecule has 0 fully saturated rings. The van der Waals surface area contributed by atoms with Crippen LogP contribution in [0.15, 0.2) is 78.9 Å². The zero-order valence-electron chi connectivity index (χ0n) is 22.6. The number of unbranched alkanes of at least 4 members (excludes halogenated alkanes) is 1. The summed E-state index contributed by atoms with van der Waals surface area (Å²) >= 11 is 6.10. The number of sulfonamides is 1. The molecule has 1 N–H and O–H groups in total. The molecule has 0 bridgehead atoms. The molecule has 3 aromatic carbocycles. The molecule has 1 unspecified atom stereocenters. The van der Waals surface area contributed by atoms with Crippen LogP contribution in [-0.4, -0.2) is 50.5 Å². The lowest BCUT2D eigenvalue weighted by molar-refractivity contribution is -0.140. The van der Waals surface area contributed by atoms with E-state index >= 15 is 0 Å². The molecule has 0 heterocycles. The molecule has 0 aliphatic carbocycles. The van der Waals surface area contributed by atoms with Crippen molar-refractivity contribution in [3.05, 3.63) is 101 Å². The largest absolute Gasteiger partial charge is 0.354 e. The Kier molecular flexibility index (Phi) is 10.9. The molecule has 1 atom stereocenters. The lowest BCUT2D eigenvalue weighted by atomic mass is 10.0. The maximum Gasteiger partial charge on any atom is 0.244 e. The van der Waals surface area contributed by atoms with Gasteiger partial charge >= 0.3 is 0 Å². The smallest absolute Gasteiger partial charge is 0.244 e. The minimum absolute atomic E-state index is 0.148. The lowest BCUT2D eigenvalue weighted by Gasteiger charge is -2.33. The van der Waals surface area contributed by atoms with Crippen LogP contribution in [0.3, 0.4) is 0 Å². The highest BCUT2D eigenvalue weighted by Crippen LogP contribution is 2.26. The predicted octanol–water partition coefficient (Wildman–Crippen LogP) is 4.97. The number of hydrogen-bond donors (Lipinski definition) is 1. The van der Waals surface area contributed by atoms with Crippen LogP contribution in [0, 0.1) is 6.92 Å². The van der Waals surface area contributed by atoms with E-state index in [0.29, 0.717) is 22.8 Å². The Labute approximate surface area is 236 Å². The molecule has 7 nitrogen and oxygen atoms in total. The SMILES string of the molecule is CCCCNC(=O)C(Cc1ccccc1)N(Cc1ccccc1)C(=O)CN(c1ccc(Cl)cc1C)S(C)(=O)=O. The summed E-state index contributed by atoms with van der Waals surface area (Å²) in [4.78, 5) is 29.1. The van der Waals surface area contributed by atoms with Gasteiger partial charge in [0.2, 0.25) is 21.8 Å². The first-order valence-corrected chi connectivity index (χ1v) is 15.2. The van der Waals surface area contributed by atoms with Crippen LogP contribution < -0.4 is 9.62 Å². The number of carbonyl (C=O) groups excluding carboxylic acids is 2. The van der Waals surface area contributed by atoms with Crippen molar-refractivity contribution in [3.8, 4) is 0 Å². The zero-order chi connectivity index (χ0) is 28.4. The molecule has 0 radical (unpaired) electrons. The standard InChI is InChI=1S/C30H36ClN3O4S/c1-4-5-18-32-30(36)28(20-24-12-8-6-9-13-24)33(21-25-14-10-7-11-15-25)29(35)22-34(39(3,37)38)27-17-16-26(31)19-23(27)2/h6-17,19,28H,4-5,18,20-22H2,1-3H3,(H,32,36). The Bertz CT molecular complexity index is 1350. The Morgan fingerprint density at radius 1 is 0.949 bits per heavy atom. The fraction of sp³-hybridized carbons (Fsp3) is 0.333. The number of benzene rings is 3. The normalized spacial score (nSPS) is 12.0. The van der Waals surface area contributed by atoms with Gasteiger partial charge in [0.25, 0.3) is 0 Å². The minimum Gasteiger partial charge on any atom is -0.354 e. The first-order valence-electron chi connectivity index (χ1n) is 13.0.